The summed E-state index contributed by atoms with van der Waals surface area (Å²) in [5.41, 5.74) is 1.02. The van der Waals surface area contributed by atoms with Crippen molar-refractivity contribution in [3.63, 3.8) is 0 Å². The van der Waals surface area contributed by atoms with E-state index in [1.165, 1.54) is 28.6 Å². The van der Waals surface area contributed by atoms with Crippen molar-refractivity contribution >= 4 is 33.7 Å². The van der Waals surface area contributed by atoms with Gasteiger partial charge in [-0.25, -0.2) is 22.8 Å². The third-order valence-corrected chi connectivity index (χ3v) is 6.28. The zero-order chi connectivity index (χ0) is 21.0. The molecule has 2 heterocycles. The van der Waals surface area contributed by atoms with E-state index in [2.05, 4.69) is 10.6 Å². The Hall–Kier alpha value is -3.08. The van der Waals surface area contributed by atoms with E-state index in [1.807, 2.05) is 0 Å². The molecular formula is C18H21N3O7S. The number of nitrogens with zero attached hydrogens (tertiary/aromatic N) is 1. The summed E-state index contributed by atoms with van der Waals surface area (Å²) in [5.74, 6) is -1.18. The minimum atomic E-state index is -3.30. The van der Waals surface area contributed by atoms with E-state index in [0.29, 0.717) is 18.7 Å². The summed E-state index contributed by atoms with van der Waals surface area (Å²) in [6.07, 6.45) is 0.560. The topological polar surface area (TPSA) is 131 Å². The Labute approximate surface area is 167 Å². The first-order valence-electron chi connectivity index (χ1n) is 9.03. The number of hydrogen-bond acceptors (Lipinski definition) is 7. The molecule has 0 bridgehead atoms. The SMILES string of the molecule is CCOC(=O)C1=C(COC(=O)c2ccc(N3CCCS3(=O)=O)cc2)NC(=O)NC1. The van der Waals surface area contributed by atoms with Gasteiger partial charge in [0.05, 0.1) is 41.4 Å². The van der Waals surface area contributed by atoms with Gasteiger partial charge in [-0.3, -0.25) is 4.31 Å². The Balaban J connectivity index is 1.68. The molecule has 2 N–H and O–H groups in total. The molecule has 0 saturated carbocycles. The number of hydrogen-bond donors (Lipinski definition) is 2. The number of urea groups is 1. The highest BCUT2D eigenvalue weighted by Crippen LogP contribution is 2.24. The van der Waals surface area contributed by atoms with E-state index < -0.39 is 28.0 Å². The fraction of sp³-hybridized carbons (Fsp3) is 0.389. The smallest absolute Gasteiger partial charge is 0.338 e. The van der Waals surface area contributed by atoms with Crippen molar-refractivity contribution in [2.45, 2.75) is 13.3 Å². The summed E-state index contributed by atoms with van der Waals surface area (Å²) in [7, 11) is -3.30. The van der Waals surface area contributed by atoms with Gasteiger partial charge < -0.3 is 20.1 Å². The number of rotatable bonds is 6. The Morgan fingerprint density at radius 1 is 1.14 bits per heavy atom. The molecule has 0 atom stereocenters. The molecule has 3 rings (SSSR count). The summed E-state index contributed by atoms with van der Waals surface area (Å²) < 4.78 is 35.4. The molecule has 2 amide bonds. The minimum absolute atomic E-state index is 0.0312. The van der Waals surface area contributed by atoms with Crippen molar-refractivity contribution < 1.29 is 32.3 Å². The summed E-state index contributed by atoms with van der Waals surface area (Å²) in [6.45, 7) is 1.89. The van der Waals surface area contributed by atoms with Gasteiger partial charge in [0.1, 0.15) is 6.61 Å². The van der Waals surface area contributed by atoms with Crippen LogP contribution in [-0.4, -0.2) is 58.4 Å². The van der Waals surface area contributed by atoms with Crippen LogP contribution in [0.4, 0.5) is 10.5 Å². The lowest BCUT2D eigenvalue weighted by Crippen LogP contribution is -2.45. The molecule has 2 aliphatic heterocycles. The molecule has 1 saturated heterocycles. The molecule has 0 aliphatic carbocycles. The summed E-state index contributed by atoms with van der Waals surface area (Å²) in [4.78, 5) is 35.8. The third kappa shape index (κ3) is 4.67. The van der Waals surface area contributed by atoms with Gasteiger partial charge in [-0.15, -0.1) is 0 Å². The third-order valence-electron chi connectivity index (χ3n) is 4.41. The van der Waals surface area contributed by atoms with Gasteiger partial charge >= 0.3 is 18.0 Å². The lowest BCUT2D eigenvalue weighted by atomic mass is 10.1. The molecule has 0 unspecified atom stereocenters. The van der Waals surface area contributed by atoms with Gasteiger partial charge in [0.2, 0.25) is 10.0 Å². The Morgan fingerprint density at radius 2 is 1.86 bits per heavy atom. The summed E-state index contributed by atoms with van der Waals surface area (Å²) in [6, 6.07) is 5.49. The monoisotopic (exact) mass is 423 g/mol. The summed E-state index contributed by atoms with van der Waals surface area (Å²) in [5, 5.41) is 4.90. The summed E-state index contributed by atoms with van der Waals surface area (Å²) >= 11 is 0. The van der Waals surface area contributed by atoms with Crippen LogP contribution in [0.15, 0.2) is 35.5 Å². The van der Waals surface area contributed by atoms with E-state index >= 15 is 0 Å². The Kier molecular flexibility index (Phi) is 6.06. The van der Waals surface area contributed by atoms with E-state index in [1.54, 1.807) is 6.92 Å². The molecular weight excluding hydrogens is 402 g/mol. The molecule has 0 spiro atoms. The van der Waals surface area contributed by atoms with Crippen LogP contribution in [0.5, 0.6) is 0 Å². The number of ether oxygens (including phenoxy) is 2. The zero-order valence-electron chi connectivity index (χ0n) is 15.8. The zero-order valence-corrected chi connectivity index (χ0v) is 16.6. The molecule has 1 aromatic rings. The number of carbonyl (C=O) groups excluding carboxylic acids is 3. The maximum Gasteiger partial charge on any atom is 0.338 e. The highest BCUT2D eigenvalue weighted by Gasteiger charge is 2.28. The van der Waals surface area contributed by atoms with Crippen LogP contribution in [0.1, 0.15) is 23.7 Å². The fourth-order valence-corrected chi connectivity index (χ4v) is 4.55. The van der Waals surface area contributed by atoms with E-state index in [4.69, 9.17) is 9.47 Å². The number of benzene rings is 1. The molecule has 11 heteroatoms. The first-order chi connectivity index (χ1) is 13.8. The second kappa shape index (κ2) is 8.52. The van der Waals surface area contributed by atoms with Gasteiger partial charge in [0.15, 0.2) is 0 Å². The van der Waals surface area contributed by atoms with Crippen molar-refractivity contribution in [1.82, 2.24) is 10.6 Å². The quantitative estimate of drug-likeness (QED) is 0.638. The molecule has 1 aromatic carbocycles. The van der Waals surface area contributed by atoms with Crippen molar-refractivity contribution in [3.8, 4) is 0 Å². The Morgan fingerprint density at radius 3 is 2.48 bits per heavy atom. The number of amides is 2. The number of nitrogens with one attached hydrogen (secondary N) is 2. The highest BCUT2D eigenvalue weighted by molar-refractivity contribution is 7.93. The van der Waals surface area contributed by atoms with Gasteiger partial charge in [0, 0.05) is 6.54 Å². The predicted molar refractivity (Wildman–Crippen MR) is 103 cm³/mol. The first-order valence-corrected chi connectivity index (χ1v) is 10.6. The first kappa shape index (κ1) is 20.6. The van der Waals surface area contributed by atoms with Crippen molar-refractivity contribution in [1.29, 1.82) is 0 Å². The van der Waals surface area contributed by atoms with Gasteiger partial charge in [0.25, 0.3) is 0 Å². The van der Waals surface area contributed by atoms with Crippen LogP contribution in [0.2, 0.25) is 0 Å². The van der Waals surface area contributed by atoms with Crippen molar-refractivity contribution in [3.05, 3.63) is 41.1 Å². The lowest BCUT2D eigenvalue weighted by molar-refractivity contribution is -0.138. The number of carbonyl (C=O) groups is 3. The van der Waals surface area contributed by atoms with E-state index in [-0.39, 0.29) is 42.3 Å². The van der Waals surface area contributed by atoms with Gasteiger partial charge in [-0.05, 0) is 37.6 Å². The highest BCUT2D eigenvalue weighted by atomic mass is 32.2. The molecule has 0 aromatic heterocycles. The van der Waals surface area contributed by atoms with Gasteiger partial charge in [-0.1, -0.05) is 0 Å². The average molecular weight is 423 g/mol. The Bertz CT molecular complexity index is 954. The second-order valence-corrected chi connectivity index (χ2v) is 8.36. The standard InChI is InChI=1S/C18H21N3O7S/c1-2-27-17(23)14-10-19-18(24)20-15(14)11-28-16(22)12-4-6-13(7-5-12)21-8-3-9-29(21,25)26/h4-7H,2-3,8-11H2,1H3,(H2,19,20,24). The molecule has 156 valence electrons. The van der Waals surface area contributed by atoms with Crippen LogP contribution in [0, 0.1) is 0 Å². The number of sulfonamides is 1. The molecule has 2 aliphatic rings. The molecule has 0 radical (unpaired) electrons. The van der Waals surface area contributed by atoms with Gasteiger partial charge in [-0.2, -0.15) is 0 Å². The van der Waals surface area contributed by atoms with Crippen LogP contribution >= 0.6 is 0 Å². The lowest BCUT2D eigenvalue weighted by Gasteiger charge is -2.21. The second-order valence-electron chi connectivity index (χ2n) is 6.35. The fourth-order valence-electron chi connectivity index (χ4n) is 2.98. The number of anilines is 1. The largest absolute Gasteiger partial charge is 0.463 e. The van der Waals surface area contributed by atoms with Crippen LogP contribution in [0.3, 0.4) is 0 Å². The van der Waals surface area contributed by atoms with E-state index in [0.717, 1.165) is 0 Å². The van der Waals surface area contributed by atoms with E-state index in [9.17, 15) is 22.8 Å². The van der Waals surface area contributed by atoms with Crippen molar-refractivity contribution in [2.75, 3.05) is 36.4 Å². The predicted octanol–water partition coefficient (Wildman–Crippen LogP) is 0.513. The van der Waals surface area contributed by atoms with Crippen LogP contribution < -0.4 is 14.9 Å². The normalized spacial score (nSPS) is 18.1. The maximum absolute atomic E-state index is 12.3. The molecule has 1 fully saturated rings. The molecule has 29 heavy (non-hydrogen) atoms. The average Bonchev–Trinajstić information content (AvgIpc) is 3.05. The number of esters is 2. The molecule has 10 nitrogen and oxygen atoms in total. The van der Waals surface area contributed by atoms with Crippen LogP contribution in [-0.2, 0) is 24.3 Å². The minimum Gasteiger partial charge on any atom is -0.463 e. The maximum atomic E-state index is 12.3. The van der Waals surface area contributed by atoms with Crippen LogP contribution in [0.25, 0.3) is 0 Å². The van der Waals surface area contributed by atoms with Crippen molar-refractivity contribution in [2.24, 2.45) is 0 Å².